The molecule has 0 saturated heterocycles. The minimum absolute atomic E-state index is 0.0216. The first-order valence-corrected chi connectivity index (χ1v) is 13.9. The summed E-state index contributed by atoms with van der Waals surface area (Å²) in [6.07, 6.45) is 0.560. The molecule has 3 unspecified atom stereocenters. The third-order valence-electron chi connectivity index (χ3n) is 6.36. The maximum absolute atomic E-state index is 14.3. The molecule has 0 fully saturated rings. The van der Waals surface area contributed by atoms with Crippen molar-refractivity contribution in [2.45, 2.75) is 125 Å². The lowest BCUT2D eigenvalue weighted by Crippen LogP contribution is -2.56. The van der Waals surface area contributed by atoms with Crippen molar-refractivity contribution in [2.24, 2.45) is 11.7 Å². The van der Waals surface area contributed by atoms with Crippen LogP contribution in [0, 0.1) is 19.8 Å². The van der Waals surface area contributed by atoms with Crippen LogP contribution in [0.15, 0.2) is 18.2 Å². The number of rotatable bonds is 13. The molecular formula is C30H50N4O5. The summed E-state index contributed by atoms with van der Waals surface area (Å²) in [5, 5.41) is 5.62. The number of benzene rings is 1. The lowest BCUT2D eigenvalue weighted by atomic mass is 9.94. The molecule has 0 spiro atoms. The molecule has 4 N–H and O–H groups in total. The van der Waals surface area contributed by atoms with Gasteiger partial charge in [0.05, 0.1) is 0 Å². The number of aryl methyl sites for hydroxylation is 2. The van der Waals surface area contributed by atoms with Gasteiger partial charge in [-0.3, -0.25) is 14.4 Å². The number of primary amides is 1. The fourth-order valence-electron chi connectivity index (χ4n) is 4.22. The fraction of sp³-hybridized carbons (Fsp3) is 0.667. The average Bonchev–Trinajstić information content (AvgIpc) is 2.78. The smallest absolute Gasteiger partial charge is 0.408 e. The molecule has 1 aromatic carbocycles. The Morgan fingerprint density at radius 3 is 2.03 bits per heavy atom. The standard InChI is InChI=1S/C30H50N4O5/c1-18(2)11-13-22(7)34(26(27(36)32-19(3)4)23-14-12-20(5)21(6)17-23)28(37)24(15-16-25(31)35)33-29(38)39-30(8,9)10/h12,14,17-19,22,24,26H,11,13,15-16H2,1-10H3,(H2,31,35)(H,32,36)(H,33,38). The second kappa shape index (κ2) is 14.9. The first-order chi connectivity index (χ1) is 17.9. The van der Waals surface area contributed by atoms with E-state index in [1.807, 2.05) is 52.8 Å². The molecule has 0 aliphatic heterocycles. The van der Waals surface area contributed by atoms with Gasteiger partial charge in [-0.2, -0.15) is 0 Å². The van der Waals surface area contributed by atoms with Gasteiger partial charge in [-0.25, -0.2) is 4.79 Å². The Labute approximate surface area is 234 Å². The summed E-state index contributed by atoms with van der Waals surface area (Å²) < 4.78 is 5.40. The molecular weight excluding hydrogens is 496 g/mol. The number of nitrogens with zero attached hydrogens (tertiary/aromatic N) is 1. The highest BCUT2D eigenvalue weighted by Crippen LogP contribution is 2.29. The molecule has 4 amide bonds. The Morgan fingerprint density at radius 1 is 0.923 bits per heavy atom. The Morgan fingerprint density at radius 2 is 1.54 bits per heavy atom. The van der Waals surface area contributed by atoms with E-state index < -0.39 is 35.6 Å². The van der Waals surface area contributed by atoms with Crippen molar-refractivity contribution < 1.29 is 23.9 Å². The van der Waals surface area contributed by atoms with Gasteiger partial charge in [0, 0.05) is 18.5 Å². The van der Waals surface area contributed by atoms with Gasteiger partial charge in [-0.15, -0.1) is 0 Å². The predicted octanol–water partition coefficient (Wildman–Crippen LogP) is 4.68. The van der Waals surface area contributed by atoms with E-state index in [2.05, 4.69) is 24.5 Å². The molecule has 0 aromatic heterocycles. The second-order valence-electron chi connectivity index (χ2n) is 12.2. The fourth-order valence-corrected chi connectivity index (χ4v) is 4.22. The number of ether oxygens (including phenoxy) is 1. The van der Waals surface area contributed by atoms with Crippen LogP contribution in [0.5, 0.6) is 0 Å². The van der Waals surface area contributed by atoms with Crippen LogP contribution in [0.25, 0.3) is 0 Å². The van der Waals surface area contributed by atoms with Crippen molar-refractivity contribution in [3.8, 4) is 0 Å². The van der Waals surface area contributed by atoms with Gasteiger partial charge in [0.1, 0.15) is 17.7 Å². The van der Waals surface area contributed by atoms with Crippen molar-refractivity contribution >= 4 is 23.8 Å². The first-order valence-electron chi connectivity index (χ1n) is 13.9. The van der Waals surface area contributed by atoms with Crippen LogP contribution in [0.1, 0.15) is 104 Å². The molecule has 0 bridgehead atoms. The van der Waals surface area contributed by atoms with E-state index in [4.69, 9.17) is 10.5 Å². The number of hydrogen-bond acceptors (Lipinski definition) is 5. The number of hydrogen-bond donors (Lipinski definition) is 3. The Hall–Kier alpha value is -3.10. The zero-order chi connectivity index (χ0) is 30.1. The van der Waals surface area contributed by atoms with Gasteiger partial charge < -0.3 is 26.0 Å². The molecule has 0 radical (unpaired) electrons. The van der Waals surface area contributed by atoms with E-state index in [0.717, 1.165) is 17.5 Å². The minimum atomic E-state index is -1.12. The zero-order valence-electron chi connectivity index (χ0n) is 25.5. The molecule has 9 heteroatoms. The summed E-state index contributed by atoms with van der Waals surface area (Å²) in [6.45, 7) is 19.0. The minimum Gasteiger partial charge on any atom is -0.444 e. The largest absolute Gasteiger partial charge is 0.444 e. The van der Waals surface area contributed by atoms with Crippen LogP contribution in [0.4, 0.5) is 4.79 Å². The predicted molar refractivity (Wildman–Crippen MR) is 154 cm³/mol. The van der Waals surface area contributed by atoms with Gasteiger partial charge in [0.15, 0.2) is 0 Å². The summed E-state index contributed by atoms with van der Waals surface area (Å²) in [4.78, 5) is 54.0. The maximum atomic E-state index is 14.3. The highest BCUT2D eigenvalue weighted by atomic mass is 16.6. The van der Waals surface area contributed by atoms with E-state index >= 15 is 0 Å². The van der Waals surface area contributed by atoms with Gasteiger partial charge in [0.2, 0.25) is 17.7 Å². The van der Waals surface area contributed by atoms with Crippen molar-refractivity contribution in [3.05, 3.63) is 34.9 Å². The Balaban J connectivity index is 3.68. The molecule has 220 valence electrons. The third kappa shape index (κ3) is 11.7. The molecule has 9 nitrogen and oxygen atoms in total. The molecule has 1 aromatic rings. The van der Waals surface area contributed by atoms with Crippen molar-refractivity contribution in [1.29, 1.82) is 0 Å². The van der Waals surface area contributed by atoms with Crippen LogP contribution in [0.3, 0.4) is 0 Å². The van der Waals surface area contributed by atoms with Crippen molar-refractivity contribution in [2.75, 3.05) is 0 Å². The molecule has 0 aliphatic rings. The summed E-state index contributed by atoms with van der Waals surface area (Å²) in [6, 6.07) is 3.16. The van der Waals surface area contributed by atoms with Crippen LogP contribution >= 0.6 is 0 Å². The molecule has 39 heavy (non-hydrogen) atoms. The van der Waals surface area contributed by atoms with Crippen molar-refractivity contribution in [3.63, 3.8) is 0 Å². The SMILES string of the molecule is Cc1ccc(C(C(=O)NC(C)C)N(C(=O)C(CCC(N)=O)NC(=O)OC(C)(C)C)C(C)CCC(C)C)cc1C. The van der Waals surface area contributed by atoms with Gasteiger partial charge >= 0.3 is 6.09 Å². The number of nitrogens with two attached hydrogens (primary N) is 1. The second-order valence-corrected chi connectivity index (χ2v) is 12.2. The highest BCUT2D eigenvalue weighted by molar-refractivity contribution is 5.92. The highest BCUT2D eigenvalue weighted by Gasteiger charge is 2.39. The lowest BCUT2D eigenvalue weighted by molar-refractivity contribution is -0.145. The average molecular weight is 547 g/mol. The van der Waals surface area contributed by atoms with E-state index in [1.165, 1.54) is 0 Å². The van der Waals surface area contributed by atoms with E-state index in [-0.39, 0.29) is 30.8 Å². The monoisotopic (exact) mass is 546 g/mol. The Bertz CT molecular complexity index is 1000. The number of carbonyl (C=O) groups is 4. The van der Waals surface area contributed by atoms with E-state index in [1.54, 1.807) is 25.7 Å². The normalized spacial score (nSPS) is 13.9. The quantitative estimate of drug-likeness (QED) is 0.331. The maximum Gasteiger partial charge on any atom is 0.408 e. The van der Waals surface area contributed by atoms with Gasteiger partial charge in [-0.1, -0.05) is 32.0 Å². The van der Waals surface area contributed by atoms with E-state index in [0.29, 0.717) is 17.9 Å². The van der Waals surface area contributed by atoms with Gasteiger partial charge in [-0.05, 0) is 97.3 Å². The Kier molecular flexibility index (Phi) is 13.0. The molecule has 1 rings (SSSR count). The van der Waals surface area contributed by atoms with Gasteiger partial charge in [0.25, 0.3) is 0 Å². The van der Waals surface area contributed by atoms with Crippen LogP contribution in [0.2, 0.25) is 0 Å². The molecule has 0 heterocycles. The van der Waals surface area contributed by atoms with Crippen molar-refractivity contribution in [1.82, 2.24) is 15.5 Å². The molecule has 0 aliphatic carbocycles. The van der Waals surface area contributed by atoms with Crippen LogP contribution < -0.4 is 16.4 Å². The first kappa shape index (κ1) is 33.9. The zero-order valence-corrected chi connectivity index (χ0v) is 25.5. The summed E-state index contributed by atoms with van der Waals surface area (Å²) in [5.74, 6) is -0.995. The molecule has 0 saturated carbocycles. The summed E-state index contributed by atoms with van der Waals surface area (Å²) >= 11 is 0. The number of carbonyl (C=O) groups excluding carboxylic acids is 4. The summed E-state index contributed by atoms with van der Waals surface area (Å²) in [5.41, 5.74) is 7.35. The number of nitrogens with one attached hydrogen (secondary N) is 2. The van der Waals surface area contributed by atoms with E-state index in [9.17, 15) is 19.2 Å². The van der Waals surface area contributed by atoms with Crippen LogP contribution in [-0.4, -0.2) is 52.4 Å². The third-order valence-corrected chi connectivity index (χ3v) is 6.36. The topological polar surface area (TPSA) is 131 Å². The lowest BCUT2D eigenvalue weighted by Gasteiger charge is -2.39. The number of amides is 4. The number of alkyl carbamates (subject to hydrolysis) is 1. The van der Waals surface area contributed by atoms with Crippen LogP contribution in [-0.2, 0) is 19.1 Å². The molecule has 3 atom stereocenters. The summed E-state index contributed by atoms with van der Waals surface area (Å²) in [7, 11) is 0.